The zero-order valence-corrected chi connectivity index (χ0v) is 17.2. The van der Waals surface area contributed by atoms with Crippen molar-refractivity contribution in [3.05, 3.63) is 57.8 Å². The van der Waals surface area contributed by atoms with Gasteiger partial charge in [0.15, 0.2) is 0 Å². The molecule has 1 aliphatic rings. The molecular formula is C21H28N4O4. The number of rotatable bonds is 5. The van der Waals surface area contributed by atoms with E-state index in [0.29, 0.717) is 56.3 Å². The first-order chi connectivity index (χ1) is 14.0. The van der Waals surface area contributed by atoms with Crippen molar-refractivity contribution >= 4 is 6.09 Å². The third kappa shape index (κ3) is 4.27. The maximum absolute atomic E-state index is 13.2. The summed E-state index contributed by atoms with van der Waals surface area (Å²) in [5, 5.41) is 10.7. The van der Waals surface area contributed by atoms with Gasteiger partial charge in [0.2, 0.25) is 0 Å². The van der Waals surface area contributed by atoms with Crippen molar-refractivity contribution in [3.8, 4) is 5.75 Å². The van der Waals surface area contributed by atoms with E-state index in [1.165, 1.54) is 0 Å². The van der Waals surface area contributed by atoms with E-state index in [0.717, 1.165) is 0 Å². The van der Waals surface area contributed by atoms with Gasteiger partial charge in [-0.1, -0.05) is 6.07 Å². The van der Waals surface area contributed by atoms with Gasteiger partial charge in [0.05, 0.1) is 23.9 Å². The molecule has 1 N–H and O–H groups in total. The predicted octanol–water partition coefficient (Wildman–Crippen LogP) is 2.14. The van der Waals surface area contributed by atoms with Gasteiger partial charge in [-0.25, -0.2) is 4.79 Å². The van der Waals surface area contributed by atoms with Crippen molar-refractivity contribution in [1.29, 1.82) is 0 Å². The van der Waals surface area contributed by atoms with E-state index in [2.05, 4.69) is 9.88 Å². The molecule has 1 aliphatic heterocycles. The van der Waals surface area contributed by atoms with E-state index < -0.39 is 6.04 Å². The van der Waals surface area contributed by atoms with E-state index in [1.807, 2.05) is 32.0 Å². The summed E-state index contributed by atoms with van der Waals surface area (Å²) in [7, 11) is 0. The highest BCUT2D eigenvalue weighted by atomic mass is 16.6. The smallest absolute Gasteiger partial charge is 0.409 e. The molecule has 0 spiro atoms. The van der Waals surface area contributed by atoms with E-state index in [-0.39, 0.29) is 17.4 Å². The Morgan fingerprint density at radius 1 is 1.24 bits per heavy atom. The molecule has 0 bridgehead atoms. The number of carbonyl (C=O) groups is 1. The number of hydrogen-bond acceptors (Lipinski definition) is 6. The quantitative estimate of drug-likeness (QED) is 0.827. The molecule has 0 aliphatic carbocycles. The third-order valence-electron chi connectivity index (χ3n) is 5.29. The topological polar surface area (TPSA) is 87.9 Å². The number of ether oxygens (including phenoxy) is 1. The molecule has 8 nitrogen and oxygen atoms in total. The molecule has 3 rings (SSSR count). The monoisotopic (exact) mass is 400 g/mol. The summed E-state index contributed by atoms with van der Waals surface area (Å²) in [6.45, 7) is 8.40. The lowest BCUT2D eigenvalue weighted by Crippen LogP contribution is -2.51. The Hall–Kier alpha value is -2.87. The second-order valence-electron chi connectivity index (χ2n) is 7.01. The van der Waals surface area contributed by atoms with E-state index >= 15 is 0 Å². The van der Waals surface area contributed by atoms with Crippen LogP contribution in [0.25, 0.3) is 0 Å². The molecule has 29 heavy (non-hydrogen) atoms. The van der Waals surface area contributed by atoms with Gasteiger partial charge in [-0.2, -0.15) is 0 Å². The summed E-state index contributed by atoms with van der Waals surface area (Å²) in [5.74, 6) is -0.0272. The van der Waals surface area contributed by atoms with Gasteiger partial charge < -0.3 is 19.3 Å². The Morgan fingerprint density at radius 3 is 2.55 bits per heavy atom. The minimum atomic E-state index is -0.494. The summed E-state index contributed by atoms with van der Waals surface area (Å²) in [4.78, 5) is 33.5. The molecule has 2 aromatic rings. The lowest BCUT2D eigenvalue weighted by atomic mass is 10.00. The van der Waals surface area contributed by atoms with Crippen LogP contribution in [0.3, 0.4) is 0 Å². The molecule has 0 aromatic carbocycles. The highest BCUT2D eigenvalue weighted by molar-refractivity contribution is 5.67. The van der Waals surface area contributed by atoms with Crippen LogP contribution in [0, 0.1) is 6.92 Å². The van der Waals surface area contributed by atoms with Crippen LogP contribution in [-0.4, -0.2) is 63.3 Å². The number of piperazine rings is 1. The second-order valence-corrected chi connectivity index (χ2v) is 7.01. The highest BCUT2D eigenvalue weighted by Gasteiger charge is 2.33. The fourth-order valence-corrected chi connectivity index (χ4v) is 3.85. The fraction of sp³-hybridized carbons (Fsp3) is 0.476. The number of amides is 1. The third-order valence-corrected chi connectivity index (χ3v) is 5.29. The molecular weight excluding hydrogens is 372 g/mol. The van der Waals surface area contributed by atoms with Gasteiger partial charge in [-0.3, -0.25) is 14.7 Å². The van der Waals surface area contributed by atoms with Gasteiger partial charge in [0, 0.05) is 44.6 Å². The predicted molar refractivity (Wildman–Crippen MR) is 109 cm³/mol. The Kier molecular flexibility index (Phi) is 6.53. The van der Waals surface area contributed by atoms with Gasteiger partial charge in [0.1, 0.15) is 5.75 Å². The van der Waals surface area contributed by atoms with Crippen molar-refractivity contribution in [1.82, 2.24) is 19.4 Å². The lowest BCUT2D eigenvalue weighted by Gasteiger charge is -2.38. The fourth-order valence-electron chi connectivity index (χ4n) is 3.85. The molecule has 1 atom stereocenters. The summed E-state index contributed by atoms with van der Waals surface area (Å²) in [6.07, 6.45) is 1.36. The number of nitrogens with zero attached hydrogens (tertiary/aromatic N) is 4. The Balaban J connectivity index is 1.99. The van der Waals surface area contributed by atoms with Gasteiger partial charge in [-0.05, 0) is 39.0 Å². The van der Waals surface area contributed by atoms with Crippen molar-refractivity contribution in [2.24, 2.45) is 0 Å². The molecule has 1 amide bonds. The van der Waals surface area contributed by atoms with Crippen molar-refractivity contribution in [3.63, 3.8) is 0 Å². The van der Waals surface area contributed by atoms with Crippen LogP contribution in [-0.2, 0) is 11.3 Å². The molecule has 1 fully saturated rings. The normalized spacial score (nSPS) is 15.9. The van der Waals surface area contributed by atoms with E-state index in [4.69, 9.17) is 4.74 Å². The molecule has 3 heterocycles. The first kappa shape index (κ1) is 20.9. The van der Waals surface area contributed by atoms with Crippen molar-refractivity contribution in [2.45, 2.75) is 33.4 Å². The van der Waals surface area contributed by atoms with Gasteiger partial charge >= 0.3 is 6.09 Å². The Labute approximate surface area is 170 Å². The largest absolute Gasteiger partial charge is 0.507 e. The molecule has 2 aromatic heterocycles. The summed E-state index contributed by atoms with van der Waals surface area (Å²) in [5.41, 5.74) is 1.51. The number of carbonyl (C=O) groups excluding carboxylic acids is 1. The Morgan fingerprint density at radius 2 is 1.97 bits per heavy atom. The molecule has 8 heteroatoms. The minimum absolute atomic E-state index is 0.0272. The van der Waals surface area contributed by atoms with Crippen LogP contribution in [0.5, 0.6) is 5.75 Å². The average Bonchev–Trinajstić information content (AvgIpc) is 2.72. The first-order valence-electron chi connectivity index (χ1n) is 9.97. The highest BCUT2D eigenvalue weighted by Crippen LogP contribution is 2.32. The van der Waals surface area contributed by atoms with Gasteiger partial charge in [-0.15, -0.1) is 0 Å². The number of aromatic nitrogens is 2. The number of aryl methyl sites for hydroxylation is 1. The number of hydrogen-bond donors (Lipinski definition) is 1. The maximum atomic E-state index is 13.2. The summed E-state index contributed by atoms with van der Waals surface area (Å²) in [6, 6.07) is 6.68. The van der Waals surface area contributed by atoms with Crippen molar-refractivity contribution < 1.29 is 14.6 Å². The van der Waals surface area contributed by atoms with Crippen molar-refractivity contribution in [2.75, 3.05) is 32.8 Å². The van der Waals surface area contributed by atoms with Crippen LogP contribution < -0.4 is 5.56 Å². The molecule has 0 saturated carbocycles. The SMILES string of the molecule is CCOC(=O)N1CCN(C(c2ccccn2)c2c(O)cc(C)n(CC)c2=O)CC1. The molecule has 1 unspecified atom stereocenters. The lowest BCUT2D eigenvalue weighted by molar-refractivity contribution is 0.0704. The van der Waals surface area contributed by atoms with Gasteiger partial charge in [0.25, 0.3) is 5.56 Å². The van der Waals surface area contributed by atoms with E-state index in [1.54, 1.807) is 28.7 Å². The van der Waals surface area contributed by atoms with Crippen LogP contribution in [0.4, 0.5) is 4.79 Å². The van der Waals surface area contributed by atoms with Crippen LogP contribution in [0.15, 0.2) is 35.3 Å². The molecule has 1 saturated heterocycles. The number of aromatic hydroxyl groups is 1. The summed E-state index contributed by atoms with van der Waals surface area (Å²) >= 11 is 0. The second kappa shape index (κ2) is 9.09. The standard InChI is InChI=1S/C21H28N4O4/c1-4-25-15(3)14-17(26)18(20(25)27)19(16-8-6-7-9-22-16)23-10-12-24(13-11-23)21(28)29-5-2/h6-9,14,19,26H,4-5,10-13H2,1-3H3. The van der Waals surface area contributed by atoms with E-state index in [9.17, 15) is 14.7 Å². The molecule has 156 valence electrons. The van der Waals surface area contributed by atoms with Crippen LogP contribution >= 0.6 is 0 Å². The first-order valence-corrected chi connectivity index (χ1v) is 9.97. The van der Waals surface area contributed by atoms with Crippen LogP contribution in [0.1, 0.15) is 36.8 Å². The maximum Gasteiger partial charge on any atom is 0.409 e. The minimum Gasteiger partial charge on any atom is -0.507 e. The van der Waals surface area contributed by atoms with Crippen LogP contribution in [0.2, 0.25) is 0 Å². The number of pyridine rings is 2. The zero-order chi connectivity index (χ0) is 21.0. The average molecular weight is 400 g/mol. The Bertz CT molecular complexity index is 905. The summed E-state index contributed by atoms with van der Waals surface area (Å²) < 4.78 is 6.74. The molecule has 0 radical (unpaired) electrons. The zero-order valence-electron chi connectivity index (χ0n) is 17.2.